The first kappa shape index (κ1) is 21.5. The van der Waals surface area contributed by atoms with Gasteiger partial charge in [-0.1, -0.05) is 122 Å². The summed E-state index contributed by atoms with van der Waals surface area (Å²) in [5.41, 5.74) is 10.7. The molecule has 0 spiro atoms. The highest BCUT2D eigenvalue weighted by molar-refractivity contribution is 6.05. The van der Waals surface area contributed by atoms with Crippen molar-refractivity contribution in [3.8, 4) is 11.1 Å². The van der Waals surface area contributed by atoms with E-state index < -0.39 is 0 Å². The van der Waals surface area contributed by atoms with Gasteiger partial charge in [0.25, 0.3) is 0 Å². The molecule has 0 aliphatic heterocycles. The van der Waals surface area contributed by atoms with Crippen LogP contribution in [-0.2, 0) is 0 Å². The molecular weight excluding hydrogens is 446 g/mol. The number of aromatic nitrogens is 1. The van der Waals surface area contributed by atoms with Crippen molar-refractivity contribution in [2.24, 2.45) is 0 Å². The molecule has 1 atom stereocenters. The summed E-state index contributed by atoms with van der Waals surface area (Å²) in [6.45, 7) is 4.61. The Morgan fingerprint density at radius 2 is 1.32 bits per heavy atom. The second-order valence-corrected chi connectivity index (χ2v) is 9.70. The summed E-state index contributed by atoms with van der Waals surface area (Å²) in [6, 6.07) is 43.2. The molecular formula is C36H25N. The van der Waals surface area contributed by atoms with E-state index in [-0.39, 0.29) is 5.92 Å². The van der Waals surface area contributed by atoms with E-state index in [0.29, 0.717) is 0 Å². The van der Waals surface area contributed by atoms with Crippen LogP contribution in [0.2, 0.25) is 0 Å². The molecule has 0 saturated carbocycles. The monoisotopic (exact) mass is 471 g/mol. The number of rotatable bonds is 3. The highest BCUT2D eigenvalue weighted by atomic mass is 14.6. The molecule has 0 fully saturated rings. The van der Waals surface area contributed by atoms with Crippen LogP contribution in [0, 0.1) is 0 Å². The molecule has 0 radical (unpaired) electrons. The summed E-state index contributed by atoms with van der Waals surface area (Å²) in [6.07, 6.45) is 4.37. The van der Waals surface area contributed by atoms with Crippen molar-refractivity contribution in [2.45, 2.75) is 5.92 Å². The van der Waals surface area contributed by atoms with Crippen molar-refractivity contribution in [3.63, 3.8) is 0 Å². The van der Waals surface area contributed by atoms with Crippen LogP contribution in [0.5, 0.6) is 0 Å². The Morgan fingerprint density at radius 3 is 2.16 bits per heavy atom. The predicted octanol–water partition coefficient (Wildman–Crippen LogP) is 9.30. The average Bonchev–Trinajstić information content (AvgIpc) is 2.97. The van der Waals surface area contributed by atoms with E-state index in [0.717, 1.165) is 22.0 Å². The number of pyridine rings is 1. The molecule has 1 unspecified atom stereocenters. The van der Waals surface area contributed by atoms with E-state index in [1.807, 2.05) is 12.3 Å². The minimum Gasteiger partial charge on any atom is -0.256 e. The Balaban J connectivity index is 1.34. The number of allylic oxidation sites excluding steroid dienone is 2. The second kappa shape index (κ2) is 8.72. The zero-order valence-electron chi connectivity index (χ0n) is 20.4. The zero-order chi connectivity index (χ0) is 24.8. The topological polar surface area (TPSA) is 12.9 Å². The van der Waals surface area contributed by atoms with Crippen molar-refractivity contribution < 1.29 is 0 Å². The van der Waals surface area contributed by atoms with Gasteiger partial charge in [0.2, 0.25) is 0 Å². The number of fused-ring (bicyclic) bond motifs is 4. The normalized spacial score (nSPS) is 15.0. The van der Waals surface area contributed by atoms with Crippen molar-refractivity contribution in [1.29, 1.82) is 0 Å². The number of nitrogens with zero attached hydrogens (tertiary/aromatic N) is 1. The summed E-state index contributed by atoms with van der Waals surface area (Å²) in [7, 11) is 0. The van der Waals surface area contributed by atoms with E-state index in [4.69, 9.17) is 0 Å². The standard InChI is InChI=1S/C36H25N/c1-24-31-20-19-27-11-5-7-13-32(27)36(31)34(26-9-3-2-4-10-26)22-33(24)28-17-15-25(16-18-28)30-21-29-12-6-8-14-35(29)37-23-30/h2-23,33H,1H2. The Bertz CT molecular complexity index is 1830. The molecule has 174 valence electrons. The quantitative estimate of drug-likeness (QED) is 0.251. The molecule has 0 N–H and O–H groups in total. The summed E-state index contributed by atoms with van der Waals surface area (Å²) in [5.74, 6) is 0.104. The minimum absolute atomic E-state index is 0.104. The minimum atomic E-state index is 0.104. The Labute approximate surface area is 217 Å². The van der Waals surface area contributed by atoms with Gasteiger partial charge in [-0.15, -0.1) is 0 Å². The van der Waals surface area contributed by atoms with Crippen molar-refractivity contribution >= 4 is 32.8 Å². The summed E-state index contributed by atoms with van der Waals surface area (Å²) in [5, 5.41) is 3.68. The maximum absolute atomic E-state index is 4.65. The van der Waals surface area contributed by atoms with Gasteiger partial charge in [0.15, 0.2) is 0 Å². The number of hydrogen-bond donors (Lipinski definition) is 0. The molecule has 37 heavy (non-hydrogen) atoms. The molecule has 0 bridgehead atoms. The maximum atomic E-state index is 4.65. The maximum Gasteiger partial charge on any atom is 0.0702 e. The van der Waals surface area contributed by atoms with Gasteiger partial charge in [-0.05, 0) is 61.9 Å². The van der Waals surface area contributed by atoms with Crippen LogP contribution in [0.1, 0.15) is 28.2 Å². The summed E-state index contributed by atoms with van der Waals surface area (Å²) in [4.78, 5) is 4.65. The van der Waals surface area contributed by atoms with Crippen LogP contribution < -0.4 is 0 Å². The Morgan fingerprint density at radius 1 is 0.595 bits per heavy atom. The molecule has 1 aliphatic carbocycles. The third-order valence-corrected chi connectivity index (χ3v) is 7.53. The van der Waals surface area contributed by atoms with Gasteiger partial charge in [-0.25, -0.2) is 0 Å². The van der Waals surface area contributed by atoms with Gasteiger partial charge in [-0.2, -0.15) is 0 Å². The number of para-hydroxylation sites is 1. The predicted molar refractivity (Wildman–Crippen MR) is 156 cm³/mol. The van der Waals surface area contributed by atoms with Gasteiger partial charge in [-0.3, -0.25) is 4.98 Å². The molecule has 1 heterocycles. The number of benzene rings is 5. The number of hydrogen-bond acceptors (Lipinski definition) is 1. The van der Waals surface area contributed by atoms with Gasteiger partial charge < -0.3 is 0 Å². The van der Waals surface area contributed by atoms with Crippen LogP contribution in [0.4, 0.5) is 0 Å². The van der Waals surface area contributed by atoms with E-state index in [1.165, 1.54) is 44.2 Å². The summed E-state index contributed by atoms with van der Waals surface area (Å²) >= 11 is 0. The fourth-order valence-corrected chi connectivity index (χ4v) is 5.61. The fraction of sp³-hybridized carbons (Fsp3) is 0.0278. The third-order valence-electron chi connectivity index (χ3n) is 7.53. The average molecular weight is 472 g/mol. The van der Waals surface area contributed by atoms with Crippen molar-refractivity contribution in [3.05, 3.63) is 162 Å². The molecule has 0 saturated heterocycles. The van der Waals surface area contributed by atoms with Gasteiger partial charge in [0, 0.05) is 23.1 Å². The van der Waals surface area contributed by atoms with Gasteiger partial charge in [0.05, 0.1) is 5.52 Å². The first-order chi connectivity index (χ1) is 18.3. The highest BCUT2D eigenvalue weighted by Crippen LogP contribution is 2.46. The van der Waals surface area contributed by atoms with Crippen LogP contribution in [0.3, 0.4) is 0 Å². The molecule has 5 aromatic carbocycles. The Hall–Kier alpha value is -4.75. The van der Waals surface area contributed by atoms with Crippen molar-refractivity contribution in [2.75, 3.05) is 0 Å². The lowest BCUT2D eigenvalue weighted by molar-refractivity contribution is 1.09. The lowest BCUT2D eigenvalue weighted by atomic mass is 9.75. The first-order valence-corrected chi connectivity index (χ1v) is 12.7. The largest absolute Gasteiger partial charge is 0.256 e. The fourth-order valence-electron chi connectivity index (χ4n) is 5.61. The highest BCUT2D eigenvalue weighted by Gasteiger charge is 2.26. The Kier molecular flexibility index (Phi) is 5.08. The van der Waals surface area contributed by atoms with Crippen LogP contribution in [-0.4, -0.2) is 4.98 Å². The molecule has 0 amide bonds. The molecule has 1 aliphatic rings. The second-order valence-electron chi connectivity index (χ2n) is 9.70. The lowest BCUT2D eigenvalue weighted by Gasteiger charge is -2.29. The van der Waals surface area contributed by atoms with Gasteiger partial charge in [0.1, 0.15) is 0 Å². The molecule has 1 aromatic heterocycles. The van der Waals surface area contributed by atoms with E-state index in [9.17, 15) is 0 Å². The SMILES string of the molecule is C=C1c2ccc3ccccc3c2C(c2ccccc2)=CC1c1ccc(-c2cnc3ccccc3c2)cc1. The molecule has 1 nitrogen and oxygen atoms in total. The van der Waals surface area contributed by atoms with Crippen LogP contribution in [0.25, 0.3) is 43.9 Å². The molecule has 1 heteroatoms. The van der Waals surface area contributed by atoms with Crippen LogP contribution in [0.15, 0.2) is 140 Å². The molecule has 6 aromatic rings. The first-order valence-electron chi connectivity index (χ1n) is 12.7. The van der Waals surface area contributed by atoms with Crippen molar-refractivity contribution in [1.82, 2.24) is 4.98 Å². The van der Waals surface area contributed by atoms with Gasteiger partial charge >= 0.3 is 0 Å². The smallest absolute Gasteiger partial charge is 0.0702 e. The van der Waals surface area contributed by atoms with E-state index in [1.54, 1.807) is 0 Å². The third kappa shape index (κ3) is 3.68. The summed E-state index contributed by atoms with van der Waals surface area (Å²) < 4.78 is 0. The van der Waals surface area contributed by atoms with E-state index in [2.05, 4.69) is 133 Å². The molecule has 7 rings (SSSR count). The lowest BCUT2D eigenvalue weighted by Crippen LogP contribution is -2.09. The van der Waals surface area contributed by atoms with E-state index >= 15 is 0 Å². The van der Waals surface area contributed by atoms with Crippen LogP contribution >= 0.6 is 0 Å². The zero-order valence-corrected chi connectivity index (χ0v) is 20.4.